The lowest BCUT2D eigenvalue weighted by atomic mass is 10.1. The predicted octanol–water partition coefficient (Wildman–Crippen LogP) is 1.99. The number of amides is 1. The van der Waals surface area contributed by atoms with Gasteiger partial charge >= 0.3 is 6.09 Å². The first-order valence-electron chi connectivity index (χ1n) is 5.32. The van der Waals surface area contributed by atoms with Gasteiger partial charge in [-0.05, 0) is 24.6 Å². The van der Waals surface area contributed by atoms with E-state index in [1.165, 1.54) is 0 Å². The molecule has 0 aliphatic heterocycles. The highest BCUT2D eigenvalue weighted by Crippen LogP contribution is 2.27. The second-order valence-corrected chi connectivity index (χ2v) is 3.67. The zero-order chi connectivity index (χ0) is 12.3. The number of aromatic nitrogens is 1. The van der Waals surface area contributed by atoms with Crippen LogP contribution in [-0.4, -0.2) is 29.8 Å². The fourth-order valence-corrected chi connectivity index (χ4v) is 1.92. The fraction of sp³-hybridized carbons (Fsp3) is 0.250. The topological polar surface area (TPSA) is 74.3 Å². The van der Waals surface area contributed by atoms with Gasteiger partial charge < -0.3 is 20.1 Å². The smallest absolute Gasteiger partial charge is 0.404 e. The molecule has 2 aromatic rings. The van der Waals surface area contributed by atoms with Gasteiger partial charge in [0.15, 0.2) is 0 Å². The standard InChI is InChI=1S/C12H14N2O3/c1-17-11-3-2-10-8(4-6-13-10)9(11)5-7-14-12(15)16/h2-4,6,13-14H,5,7H2,1H3,(H,15,16). The lowest BCUT2D eigenvalue weighted by Gasteiger charge is -2.09. The van der Waals surface area contributed by atoms with Crippen LogP contribution in [0.4, 0.5) is 4.79 Å². The molecule has 17 heavy (non-hydrogen) atoms. The largest absolute Gasteiger partial charge is 0.496 e. The van der Waals surface area contributed by atoms with Crippen molar-refractivity contribution in [1.29, 1.82) is 0 Å². The Kier molecular flexibility index (Phi) is 3.18. The van der Waals surface area contributed by atoms with Gasteiger partial charge in [-0.3, -0.25) is 0 Å². The second-order valence-electron chi connectivity index (χ2n) is 3.67. The van der Waals surface area contributed by atoms with Crippen LogP contribution < -0.4 is 10.1 Å². The van der Waals surface area contributed by atoms with Crippen molar-refractivity contribution in [3.8, 4) is 5.75 Å². The van der Waals surface area contributed by atoms with Crippen molar-refractivity contribution in [3.05, 3.63) is 30.0 Å². The quantitative estimate of drug-likeness (QED) is 0.757. The summed E-state index contributed by atoms with van der Waals surface area (Å²) in [5.41, 5.74) is 2.04. The summed E-state index contributed by atoms with van der Waals surface area (Å²) < 4.78 is 5.29. The molecule has 0 saturated carbocycles. The van der Waals surface area contributed by atoms with Crippen molar-refractivity contribution < 1.29 is 14.6 Å². The molecule has 1 aromatic heterocycles. The molecule has 0 aliphatic rings. The summed E-state index contributed by atoms with van der Waals surface area (Å²) in [7, 11) is 1.61. The summed E-state index contributed by atoms with van der Waals surface area (Å²) in [5.74, 6) is 0.782. The van der Waals surface area contributed by atoms with E-state index in [1.807, 2.05) is 24.4 Å². The van der Waals surface area contributed by atoms with Crippen molar-refractivity contribution in [3.63, 3.8) is 0 Å². The first-order valence-corrected chi connectivity index (χ1v) is 5.32. The van der Waals surface area contributed by atoms with Gasteiger partial charge in [0.1, 0.15) is 5.75 Å². The second kappa shape index (κ2) is 4.78. The number of fused-ring (bicyclic) bond motifs is 1. The van der Waals surface area contributed by atoms with E-state index in [4.69, 9.17) is 9.84 Å². The number of H-pyrrole nitrogens is 1. The van der Waals surface area contributed by atoms with Gasteiger partial charge in [0.05, 0.1) is 7.11 Å². The van der Waals surface area contributed by atoms with Gasteiger partial charge in [-0.25, -0.2) is 4.79 Å². The van der Waals surface area contributed by atoms with Gasteiger partial charge in [-0.2, -0.15) is 0 Å². The molecule has 5 heteroatoms. The Balaban J connectivity index is 2.28. The average molecular weight is 234 g/mol. The minimum atomic E-state index is -1.01. The molecule has 0 saturated heterocycles. The van der Waals surface area contributed by atoms with Crippen LogP contribution in [0.15, 0.2) is 24.4 Å². The number of methoxy groups -OCH3 is 1. The highest BCUT2D eigenvalue weighted by atomic mass is 16.5. The maximum atomic E-state index is 10.4. The van der Waals surface area contributed by atoms with Gasteiger partial charge in [0.2, 0.25) is 0 Å². The monoisotopic (exact) mass is 234 g/mol. The SMILES string of the molecule is COc1ccc2[nH]ccc2c1CCNC(=O)O. The zero-order valence-electron chi connectivity index (χ0n) is 9.49. The summed E-state index contributed by atoms with van der Waals surface area (Å²) in [4.78, 5) is 13.5. The summed E-state index contributed by atoms with van der Waals surface area (Å²) >= 11 is 0. The normalized spacial score (nSPS) is 10.4. The summed E-state index contributed by atoms with van der Waals surface area (Å²) in [6.07, 6.45) is 1.45. The Hall–Kier alpha value is -2.17. The van der Waals surface area contributed by atoms with E-state index in [0.29, 0.717) is 13.0 Å². The molecule has 1 heterocycles. The summed E-state index contributed by atoms with van der Waals surface area (Å²) in [5, 5.41) is 12.0. The molecule has 1 aromatic carbocycles. The van der Waals surface area contributed by atoms with Crippen LogP contribution >= 0.6 is 0 Å². The van der Waals surface area contributed by atoms with E-state index in [0.717, 1.165) is 22.2 Å². The molecule has 0 aliphatic carbocycles. The number of aromatic amines is 1. The fourth-order valence-electron chi connectivity index (χ4n) is 1.92. The van der Waals surface area contributed by atoms with Crippen molar-refractivity contribution in [1.82, 2.24) is 10.3 Å². The molecule has 2 rings (SSSR count). The molecule has 0 bridgehead atoms. The van der Waals surface area contributed by atoms with E-state index in [2.05, 4.69) is 10.3 Å². The van der Waals surface area contributed by atoms with E-state index in [9.17, 15) is 4.79 Å². The van der Waals surface area contributed by atoms with Crippen LogP contribution in [0, 0.1) is 0 Å². The Morgan fingerprint density at radius 2 is 2.29 bits per heavy atom. The van der Waals surface area contributed by atoms with Crippen molar-refractivity contribution >= 4 is 17.0 Å². The van der Waals surface area contributed by atoms with Crippen LogP contribution in [0.5, 0.6) is 5.75 Å². The lowest BCUT2D eigenvalue weighted by Crippen LogP contribution is -2.23. The van der Waals surface area contributed by atoms with Gasteiger partial charge in [0, 0.05) is 29.2 Å². The molecule has 0 unspecified atom stereocenters. The highest BCUT2D eigenvalue weighted by molar-refractivity contribution is 5.85. The molecule has 5 nitrogen and oxygen atoms in total. The third-order valence-corrected chi connectivity index (χ3v) is 2.67. The molecule has 0 fully saturated rings. The van der Waals surface area contributed by atoms with Crippen LogP contribution in [0.3, 0.4) is 0 Å². The van der Waals surface area contributed by atoms with Gasteiger partial charge in [0.25, 0.3) is 0 Å². The third kappa shape index (κ3) is 2.33. The van der Waals surface area contributed by atoms with E-state index < -0.39 is 6.09 Å². The van der Waals surface area contributed by atoms with Gasteiger partial charge in [-0.1, -0.05) is 0 Å². The van der Waals surface area contributed by atoms with Crippen molar-refractivity contribution in [2.45, 2.75) is 6.42 Å². The number of benzene rings is 1. The molecular weight excluding hydrogens is 220 g/mol. The number of nitrogens with one attached hydrogen (secondary N) is 2. The Bertz CT molecular complexity index is 534. The zero-order valence-corrected chi connectivity index (χ0v) is 9.49. The maximum Gasteiger partial charge on any atom is 0.404 e. The number of hydrogen-bond acceptors (Lipinski definition) is 2. The number of carboxylic acid groups (broad SMARTS) is 1. The Morgan fingerprint density at radius 1 is 1.47 bits per heavy atom. The molecule has 0 radical (unpaired) electrons. The van der Waals surface area contributed by atoms with E-state index in [-0.39, 0.29) is 0 Å². The third-order valence-electron chi connectivity index (χ3n) is 2.67. The molecule has 0 atom stereocenters. The van der Waals surface area contributed by atoms with Crippen molar-refractivity contribution in [2.24, 2.45) is 0 Å². The van der Waals surface area contributed by atoms with Crippen LogP contribution in [0.2, 0.25) is 0 Å². The molecule has 1 amide bonds. The minimum Gasteiger partial charge on any atom is -0.496 e. The number of hydrogen-bond donors (Lipinski definition) is 3. The number of rotatable bonds is 4. The Morgan fingerprint density at radius 3 is 3.00 bits per heavy atom. The first kappa shape index (κ1) is 11.3. The van der Waals surface area contributed by atoms with Crippen molar-refractivity contribution in [2.75, 3.05) is 13.7 Å². The number of carbonyl (C=O) groups is 1. The van der Waals surface area contributed by atoms with Crippen LogP contribution in [0.25, 0.3) is 10.9 Å². The predicted molar refractivity (Wildman–Crippen MR) is 64.6 cm³/mol. The lowest BCUT2D eigenvalue weighted by molar-refractivity contribution is 0.194. The summed E-state index contributed by atoms with van der Waals surface area (Å²) in [6, 6.07) is 5.80. The molecule has 90 valence electrons. The highest BCUT2D eigenvalue weighted by Gasteiger charge is 2.09. The first-order chi connectivity index (χ1) is 8.22. The molecule has 0 spiro atoms. The summed E-state index contributed by atoms with van der Waals surface area (Å²) in [6.45, 7) is 0.371. The average Bonchev–Trinajstić information content (AvgIpc) is 2.77. The molecule has 3 N–H and O–H groups in total. The van der Waals surface area contributed by atoms with E-state index >= 15 is 0 Å². The van der Waals surface area contributed by atoms with Gasteiger partial charge in [-0.15, -0.1) is 0 Å². The van der Waals surface area contributed by atoms with Crippen LogP contribution in [0.1, 0.15) is 5.56 Å². The Labute approximate surface area is 98.4 Å². The van der Waals surface area contributed by atoms with E-state index in [1.54, 1.807) is 7.11 Å². The number of ether oxygens (including phenoxy) is 1. The van der Waals surface area contributed by atoms with Crippen LogP contribution in [-0.2, 0) is 6.42 Å². The molecular formula is C12H14N2O3. The maximum absolute atomic E-state index is 10.4. The minimum absolute atomic E-state index is 0.371.